The van der Waals surface area contributed by atoms with Gasteiger partial charge in [0.25, 0.3) is 0 Å². The number of carboxylic acid groups (broad SMARTS) is 1. The van der Waals surface area contributed by atoms with Crippen LogP contribution >= 0.6 is 11.8 Å². The second-order valence-electron chi connectivity index (χ2n) is 7.53. The van der Waals surface area contributed by atoms with Gasteiger partial charge >= 0.3 is 5.97 Å². The summed E-state index contributed by atoms with van der Waals surface area (Å²) in [6.07, 6.45) is 0.776. The number of aliphatic carboxylic acids is 1. The lowest BCUT2D eigenvalue weighted by Crippen LogP contribution is -2.71. The maximum atomic E-state index is 12.6. The van der Waals surface area contributed by atoms with Crippen LogP contribution in [0.2, 0.25) is 0 Å². The number of thioether (sulfide) groups is 1. The van der Waals surface area contributed by atoms with Gasteiger partial charge in [-0.25, -0.2) is 4.79 Å². The first kappa shape index (κ1) is 18.1. The lowest BCUT2D eigenvalue weighted by Gasteiger charge is -2.43. The Bertz CT molecular complexity index is 842. The summed E-state index contributed by atoms with van der Waals surface area (Å²) in [6.45, 7) is 4.20. The quantitative estimate of drug-likeness (QED) is 0.629. The molecule has 4 atom stereocenters. The fourth-order valence-corrected chi connectivity index (χ4v) is 5.57. The zero-order valence-corrected chi connectivity index (χ0v) is 15.8. The average Bonchev–Trinajstić information content (AvgIpc) is 3.18. The van der Waals surface area contributed by atoms with Crippen molar-refractivity contribution in [2.75, 3.05) is 6.61 Å². The van der Waals surface area contributed by atoms with E-state index in [1.165, 1.54) is 16.7 Å². The van der Waals surface area contributed by atoms with Gasteiger partial charge in [0, 0.05) is 11.2 Å². The molecule has 0 aromatic heterocycles. The molecule has 1 aromatic carbocycles. The largest absolute Gasteiger partial charge is 0.493 e. The molecule has 27 heavy (non-hydrogen) atoms. The Balaban J connectivity index is 1.46. The molecule has 4 N–H and O–H groups in total. The molecule has 2 saturated heterocycles. The standard InChI is InChI=1S/C18H21N3O5S/c1-18(2)13(17(24)25)21-15(23)12(16(21)27-18)20-14(22)11(19)9-3-4-10-8(7-9)5-6-26-10/h3-4,7,11-13,16H,5-6,19H2,1-2H3,(H,20,22)(H,24,25). The maximum Gasteiger partial charge on any atom is 0.327 e. The van der Waals surface area contributed by atoms with Crippen LogP contribution in [0, 0.1) is 0 Å². The van der Waals surface area contributed by atoms with Crippen LogP contribution in [0.1, 0.15) is 31.0 Å². The highest BCUT2D eigenvalue weighted by Crippen LogP contribution is 2.50. The molecule has 0 spiro atoms. The molecule has 144 valence electrons. The maximum absolute atomic E-state index is 12.6. The Morgan fingerprint density at radius 3 is 2.89 bits per heavy atom. The van der Waals surface area contributed by atoms with Gasteiger partial charge in [-0.15, -0.1) is 11.8 Å². The van der Waals surface area contributed by atoms with Crippen molar-refractivity contribution in [2.45, 2.75) is 48.5 Å². The van der Waals surface area contributed by atoms with Gasteiger partial charge < -0.3 is 25.8 Å². The number of carbonyl (C=O) groups excluding carboxylic acids is 2. The minimum Gasteiger partial charge on any atom is -0.493 e. The SMILES string of the molecule is CC1(C)SC2C(NC(=O)C(N)c3ccc4c(c3)CCO4)C(=O)N2C1C(=O)O. The van der Waals surface area contributed by atoms with E-state index in [2.05, 4.69) is 5.32 Å². The normalized spacial score (nSPS) is 28.6. The lowest BCUT2D eigenvalue weighted by atomic mass is 9.95. The van der Waals surface area contributed by atoms with Crippen LogP contribution in [-0.2, 0) is 20.8 Å². The number of carboxylic acids is 1. The molecule has 2 fully saturated rings. The molecule has 1 aromatic rings. The third-order valence-electron chi connectivity index (χ3n) is 5.33. The molecule has 0 aliphatic carbocycles. The summed E-state index contributed by atoms with van der Waals surface area (Å²) in [4.78, 5) is 38.0. The van der Waals surface area contributed by atoms with Crippen molar-refractivity contribution in [3.8, 4) is 5.75 Å². The first-order valence-corrected chi connectivity index (χ1v) is 9.63. The van der Waals surface area contributed by atoms with E-state index >= 15 is 0 Å². The van der Waals surface area contributed by atoms with Gasteiger partial charge in [0.05, 0.1) is 6.61 Å². The minimum absolute atomic E-state index is 0.381. The molecular formula is C18H21N3O5S. The first-order valence-electron chi connectivity index (χ1n) is 8.75. The van der Waals surface area contributed by atoms with Crippen LogP contribution in [0.5, 0.6) is 5.75 Å². The Morgan fingerprint density at radius 1 is 1.44 bits per heavy atom. The molecule has 3 aliphatic rings. The number of hydrogen-bond acceptors (Lipinski definition) is 6. The number of amides is 2. The second kappa shape index (κ2) is 6.13. The van der Waals surface area contributed by atoms with E-state index in [1.807, 2.05) is 6.07 Å². The number of carbonyl (C=O) groups is 3. The van der Waals surface area contributed by atoms with E-state index < -0.39 is 40.1 Å². The van der Waals surface area contributed by atoms with E-state index in [-0.39, 0.29) is 5.91 Å². The highest BCUT2D eigenvalue weighted by molar-refractivity contribution is 8.01. The molecule has 3 heterocycles. The number of benzene rings is 1. The highest BCUT2D eigenvalue weighted by atomic mass is 32.2. The zero-order valence-electron chi connectivity index (χ0n) is 15.0. The molecule has 0 saturated carbocycles. The third-order valence-corrected chi connectivity index (χ3v) is 6.90. The summed E-state index contributed by atoms with van der Waals surface area (Å²) < 4.78 is 4.82. The van der Waals surface area contributed by atoms with E-state index in [1.54, 1.807) is 26.0 Å². The van der Waals surface area contributed by atoms with Gasteiger partial charge in [0.15, 0.2) is 0 Å². The summed E-state index contributed by atoms with van der Waals surface area (Å²) in [6, 6.07) is 2.83. The predicted molar refractivity (Wildman–Crippen MR) is 98.2 cm³/mol. The Labute approximate surface area is 160 Å². The minimum atomic E-state index is -1.04. The van der Waals surface area contributed by atoms with E-state index in [0.717, 1.165) is 17.7 Å². The molecule has 4 unspecified atom stereocenters. The van der Waals surface area contributed by atoms with Crippen molar-refractivity contribution in [3.63, 3.8) is 0 Å². The number of β-lactam (4-membered cyclic amide) rings is 1. The molecular weight excluding hydrogens is 370 g/mol. The smallest absolute Gasteiger partial charge is 0.327 e. The number of ether oxygens (including phenoxy) is 1. The topological polar surface area (TPSA) is 122 Å². The van der Waals surface area contributed by atoms with Crippen LogP contribution in [0.15, 0.2) is 18.2 Å². The summed E-state index contributed by atoms with van der Waals surface area (Å²) in [5.41, 5.74) is 7.76. The number of nitrogens with zero attached hydrogens (tertiary/aromatic N) is 1. The molecule has 0 radical (unpaired) electrons. The second-order valence-corrected chi connectivity index (χ2v) is 9.30. The monoisotopic (exact) mass is 391 g/mol. The van der Waals surface area contributed by atoms with E-state index in [0.29, 0.717) is 12.2 Å². The fraction of sp³-hybridized carbons (Fsp3) is 0.500. The van der Waals surface area contributed by atoms with Gasteiger partial charge in [-0.05, 0) is 37.1 Å². The van der Waals surface area contributed by atoms with Crippen LogP contribution < -0.4 is 15.8 Å². The van der Waals surface area contributed by atoms with Gasteiger partial charge in [-0.2, -0.15) is 0 Å². The first-order chi connectivity index (χ1) is 12.7. The number of fused-ring (bicyclic) bond motifs is 2. The van der Waals surface area contributed by atoms with Gasteiger partial charge in [0.2, 0.25) is 11.8 Å². The summed E-state index contributed by atoms with van der Waals surface area (Å²) >= 11 is 1.38. The Morgan fingerprint density at radius 2 is 2.19 bits per heavy atom. The number of rotatable bonds is 4. The molecule has 3 aliphatic heterocycles. The van der Waals surface area contributed by atoms with Crippen molar-refractivity contribution in [1.29, 1.82) is 0 Å². The van der Waals surface area contributed by atoms with Gasteiger partial charge in [-0.3, -0.25) is 9.59 Å². The molecule has 8 nitrogen and oxygen atoms in total. The summed E-state index contributed by atoms with van der Waals surface area (Å²) in [7, 11) is 0. The molecule has 4 rings (SSSR count). The zero-order chi connectivity index (χ0) is 19.5. The number of nitrogens with one attached hydrogen (secondary N) is 1. The van der Waals surface area contributed by atoms with Crippen LogP contribution in [-0.4, -0.2) is 56.6 Å². The van der Waals surface area contributed by atoms with Crippen molar-refractivity contribution >= 4 is 29.5 Å². The van der Waals surface area contributed by atoms with Crippen molar-refractivity contribution in [3.05, 3.63) is 29.3 Å². The number of nitrogens with two attached hydrogens (primary N) is 1. The van der Waals surface area contributed by atoms with Crippen LogP contribution in [0.25, 0.3) is 0 Å². The summed E-state index contributed by atoms with van der Waals surface area (Å²) in [5.74, 6) is -1.07. The molecule has 2 amide bonds. The fourth-order valence-electron chi connectivity index (χ4n) is 3.94. The average molecular weight is 391 g/mol. The van der Waals surface area contributed by atoms with Crippen molar-refractivity contribution < 1.29 is 24.2 Å². The predicted octanol–water partition coefficient (Wildman–Crippen LogP) is 0.253. The van der Waals surface area contributed by atoms with E-state index in [9.17, 15) is 19.5 Å². The number of hydrogen-bond donors (Lipinski definition) is 3. The highest BCUT2D eigenvalue weighted by Gasteiger charge is 2.64. The Kier molecular flexibility index (Phi) is 4.12. The van der Waals surface area contributed by atoms with Gasteiger partial charge in [0.1, 0.15) is 29.2 Å². The lowest BCUT2D eigenvalue weighted by molar-refractivity contribution is -0.161. The molecule has 9 heteroatoms. The Hall–Kier alpha value is -2.26. The molecule has 0 bridgehead atoms. The van der Waals surface area contributed by atoms with Crippen molar-refractivity contribution in [1.82, 2.24) is 10.2 Å². The summed E-state index contributed by atoms with van der Waals surface area (Å²) in [5, 5.41) is 11.8. The van der Waals surface area contributed by atoms with Crippen LogP contribution in [0.3, 0.4) is 0 Å². The van der Waals surface area contributed by atoms with Gasteiger partial charge in [-0.1, -0.05) is 6.07 Å². The van der Waals surface area contributed by atoms with Crippen molar-refractivity contribution in [2.24, 2.45) is 5.73 Å². The van der Waals surface area contributed by atoms with Crippen LogP contribution in [0.4, 0.5) is 0 Å². The van der Waals surface area contributed by atoms with E-state index in [4.69, 9.17) is 10.5 Å². The third kappa shape index (κ3) is 2.76.